The number of carbonyl (C=O) groups is 4. The topological polar surface area (TPSA) is 162 Å². The first-order valence-corrected chi connectivity index (χ1v) is 11.0. The average Bonchev–Trinajstić information content (AvgIpc) is 3.17. The summed E-state index contributed by atoms with van der Waals surface area (Å²) in [5.41, 5.74) is 5.50. The summed E-state index contributed by atoms with van der Waals surface area (Å²) < 4.78 is 0. The number of hydrogen-bond acceptors (Lipinski definition) is 7. The number of carboxylic acid groups (broad SMARTS) is 1. The van der Waals surface area contributed by atoms with Gasteiger partial charge in [0.05, 0.1) is 6.61 Å². The van der Waals surface area contributed by atoms with Gasteiger partial charge in [-0.15, -0.1) is 0 Å². The molecule has 6 N–H and O–H groups in total. The number of thioether (sulfide) groups is 1. The number of hydrogen-bond donors (Lipinski definition) is 5. The number of aliphatic carboxylic acids is 1. The fourth-order valence-electron chi connectivity index (χ4n) is 3.10. The highest BCUT2D eigenvalue weighted by Gasteiger charge is 2.39. The van der Waals surface area contributed by atoms with E-state index in [4.69, 9.17) is 10.8 Å². The molecule has 1 rings (SSSR count). The summed E-state index contributed by atoms with van der Waals surface area (Å²) in [6.45, 7) is 3.28. The summed E-state index contributed by atoms with van der Waals surface area (Å²) in [6, 6.07) is -3.88. The van der Waals surface area contributed by atoms with Crippen molar-refractivity contribution in [3.05, 3.63) is 0 Å². The summed E-state index contributed by atoms with van der Waals surface area (Å²) in [5, 5.41) is 23.5. The fourth-order valence-corrected chi connectivity index (χ4v) is 3.57. The zero-order chi connectivity index (χ0) is 22.1. The molecule has 1 aliphatic heterocycles. The van der Waals surface area contributed by atoms with E-state index in [0.29, 0.717) is 31.6 Å². The predicted octanol–water partition coefficient (Wildman–Crippen LogP) is -1.24. The zero-order valence-corrected chi connectivity index (χ0v) is 17.9. The highest BCUT2D eigenvalue weighted by Crippen LogP contribution is 2.20. The van der Waals surface area contributed by atoms with Crippen molar-refractivity contribution in [3.63, 3.8) is 0 Å². The first-order valence-electron chi connectivity index (χ1n) is 9.63. The summed E-state index contributed by atoms with van der Waals surface area (Å²) in [6.07, 6.45) is 3.14. The van der Waals surface area contributed by atoms with E-state index in [9.17, 15) is 24.3 Å². The van der Waals surface area contributed by atoms with Crippen LogP contribution in [0.4, 0.5) is 0 Å². The normalized spacial score (nSPS) is 19.5. The molecule has 4 unspecified atom stereocenters. The van der Waals surface area contributed by atoms with Crippen molar-refractivity contribution in [2.45, 2.75) is 57.3 Å². The summed E-state index contributed by atoms with van der Waals surface area (Å²) in [4.78, 5) is 50.5. The van der Waals surface area contributed by atoms with Crippen molar-refractivity contribution < 1.29 is 29.4 Å². The number of aliphatic hydroxyl groups excluding tert-OH is 1. The smallest absolute Gasteiger partial charge is 0.326 e. The van der Waals surface area contributed by atoms with Crippen molar-refractivity contribution in [1.29, 1.82) is 0 Å². The Bertz CT molecular complexity index is 603. The number of nitrogens with zero attached hydrogens (tertiary/aromatic N) is 1. The van der Waals surface area contributed by atoms with Crippen LogP contribution in [0, 0.1) is 5.92 Å². The van der Waals surface area contributed by atoms with Gasteiger partial charge in [-0.05, 0) is 37.2 Å². The maximum atomic E-state index is 13.0. The third kappa shape index (κ3) is 7.16. The second kappa shape index (κ2) is 12.0. The fraction of sp³-hybridized carbons (Fsp3) is 0.778. The Labute approximate surface area is 174 Å². The second-order valence-corrected chi connectivity index (χ2v) is 8.38. The van der Waals surface area contributed by atoms with E-state index in [2.05, 4.69) is 10.6 Å². The van der Waals surface area contributed by atoms with E-state index < -0.39 is 54.5 Å². The minimum atomic E-state index is -1.15. The number of likely N-dealkylation sites (tertiary alicyclic amines) is 1. The third-order valence-corrected chi connectivity index (χ3v) is 5.47. The Hall–Kier alpha value is -1.85. The standard InChI is InChI=1S/C18H32N4O6S/c1-10(2)14(17(26)22-7-4-5-13(22)18(27)28)21-16(25)12(6-8-29-3)20-15(24)11(19)9-23/h10-14,23H,4-9,19H2,1-3H3,(H,20,24)(H,21,25)(H,27,28). The lowest BCUT2D eigenvalue weighted by Crippen LogP contribution is -2.58. The number of nitrogens with two attached hydrogens (primary N) is 1. The van der Waals surface area contributed by atoms with Gasteiger partial charge in [0.15, 0.2) is 0 Å². The highest BCUT2D eigenvalue weighted by molar-refractivity contribution is 7.98. The quantitative estimate of drug-likeness (QED) is 0.271. The molecular weight excluding hydrogens is 400 g/mol. The first-order chi connectivity index (χ1) is 13.6. The molecule has 0 aromatic carbocycles. The minimum absolute atomic E-state index is 0.280. The van der Waals surface area contributed by atoms with E-state index in [1.165, 1.54) is 16.7 Å². The molecule has 1 aliphatic rings. The number of carbonyl (C=O) groups excluding carboxylic acids is 3. The van der Waals surface area contributed by atoms with Crippen LogP contribution in [-0.2, 0) is 19.2 Å². The number of rotatable bonds is 11. The van der Waals surface area contributed by atoms with Crippen LogP contribution in [0.1, 0.15) is 33.1 Å². The number of amides is 3. The van der Waals surface area contributed by atoms with Crippen LogP contribution in [0.25, 0.3) is 0 Å². The van der Waals surface area contributed by atoms with Crippen LogP contribution in [0.3, 0.4) is 0 Å². The number of carboxylic acids is 1. The minimum Gasteiger partial charge on any atom is -0.480 e. The van der Waals surface area contributed by atoms with Crippen molar-refractivity contribution in [1.82, 2.24) is 15.5 Å². The second-order valence-electron chi connectivity index (χ2n) is 7.39. The number of aliphatic hydroxyl groups is 1. The van der Waals surface area contributed by atoms with E-state index in [0.717, 1.165) is 0 Å². The van der Waals surface area contributed by atoms with E-state index in [-0.39, 0.29) is 5.92 Å². The Kier molecular flexibility index (Phi) is 10.4. The lowest BCUT2D eigenvalue weighted by molar-refractivity contribution is -0.150. The molecule has 0 aromatic rings. The molecule has 0 aromatic heterocycles. The molecule has 4 atom stereocenters. The van der Waals surface area contributed by atoms with Crippen molar-refractivity contribution in [2.24, 2.45) is 11.7 Å². The monoisotopic (exact) mass is 432 g/mol. The zero-order valence-electron chi connectivity index (χ0n) is 17.1. The van der Waals surface area contributed by atoms with Gasteiger partial charge in [-0.25, -0.2) is 4.79 Å². The van der Waals surface area contributed by atoms with Gasteiger partial charge in [0.2, 0.25) is 17.7 Å². The van der Waals surface area contributed by atoms with E-state index in [1.54, 1.807) is 13.8 Å². The Balaban J connectivity index is 2.92. The average molecular weight is 433 g/mol. The summed E-state index contributed by atoms with van der Waals surface area (Å²) in [5.74, 6) is -2.41. The molecule has 0 spiro atoms. The molecule has 166 valence electrons. The van der Waals surface area contributed by atoms with Crippen LogP contribution in [0.5, 0.6) is 0 Å². The molecular formula is C18H32N4O6S. The lowest BCUT2D eigenvalue weighted by atomic mass is 10.0. The molecule has 1 heterocycles. The molecule has 10 nitrogen and oxygen atoms in total. The molecule has 0 bridgehead atoms. The summed E-state index contributed by atoms with van der Waals surface area (Å²) >= 11 is 1.49. The molecule has 1 fully saturated rings. The SMILES string of the molecule is CSCCC(NC(=O)C(N)CO)C(=O)NC(C(=O)N1CCCC1C(=O)O)C(C)C. The van der Waals surface area contributed by atoms with E-state index in [1.807, 2.05) is 6.26 Å². The van der Waals surface area contributed by atoms with Gasteiger partial charge in [-0.1, -0.05) is 13.8 Å². The van der Waals surface area contributed by atoms with Gasteiger partial charge in [-0.3, -0.25) is 14.4 Å². The first kappa shape index (κ1) is 25.2. The van der Waals surface area contributed by atoms with Crippen LogP contribution in [0.2, 0.25) is 0 Å². The van der Waals surface area contributed by atoms with Crippen LogP contribution >= 0.6 is 11.8 Å². The molecule has 1 saturated heterocycles. The molecule has 0 radical (unpaired) electrons. The van der Waals surface area contributed by atoms with Gasteiger partial charge in [0.1, 0.15) is 24.2 Å². The van der Waals surface area contributed by atoms with Gasteiger partial charge in [0.25, 0.3) is 0 Å². The molecule has 3 amide bonds. The Morgan fingerprint density at radius 1 is 1.21 bits per heavy atom. The van der Waals surface area contributed by atoms with Crippen molar-refractivity contribution in [2.75, 3.05) is 25.2 Å². The van der Waals surface area contributed by atoms with Crippen molar-refractivity contribution >= 4 is 35.5 Å². The Morgan fingerprint density at radius 3 is 2.38 bits per heavy atom. The number of nitrogens with one attached hydrogen (secondary N) is 2. The van der Waals surface area contributed by atoms with E-state index >= 15 is 0 Å². The predicted molar refractivity (Wildman–Crippen MR) is 109 cm³/mol. The van der Waals surface area contributed by atoms with Gasteiger partial charge < -0.3 is 31.5 Å². The van der Waals surface area contributed by atoms with Gasteiger partial charge in [-0.2, -0.15) is 11.8 Å². The van der Waals surface area contributed by atoms with Crippen LogP contribution < -0.4 is 16.4 Å². The van der Waals surface area contributed by atoms with Gasteiger partial charge in [0, 0.05) is 6.54 Å². The molecule has 0 saturated carbocycles. The highest BCUT2D eigenvalue weighted by atomic mass is 32.2. The van der Waals surface area contributed by atoms with Gasteiger partial charge >= 0.3 is 5.97 Å². The van der Waals surface area contributed by atoms with Crippen molar-refractivity contribution in [3.8, 4) is 0 Å². The maximum absolute atomic E-state index is 13.0. The molecule has 11 heteroatoms. The lowest BCUT2D eigenvalue weighted by Gasteiger charge is -2.30. The third-order valence-electron chi connectivity index (χ3n) is 4.83. The Morgan fingerprint density at radius 2 is 1.86 bits per heavy atom. The van der Waals surface area contributed by atoms with Crippen LogP contribution in [0.15, 0.2) is 0 Å². The maximum Gasteiger partial charge on any atom is 0.326 e. The summed E-state index contributed by atoms with van der Waals surface area (Å²) in [7, 11) is 0. The molecule has 0 aliphatic carbocycles. The van der Waals surface area contributed by atoms with Crippen LogP contribution in [-0.4, -0.2) is 88.1 Å². The largest absolute Gasteiger partial charge is 0.480 e. The molecule has 29 heavy (non-hydrogen) atoms.